The van der Waals surface area contributed by atoms with Crippen LogP contribution in [0.5, 0.6) is 5.88 Å². The molecular weight excluding hydrogens is 316 g/mol. The maximum Gasteiger partial charge on any atom is 0.213 e. The van der Waals surface area contributed by atoms with Crippen molar-refractivity contribution in [1.29, 1.82) is 5.26 Å². The number of nitriles is 1. The first kappa shape index (κ1) is 16.3. The summed E-state index contributed by atoms with van der Waals surface area (Å²) in [6.07, 6.45) is 3.22. The molecule has 0 unspecified atom stereocenters. The Labute approximate surface area is 145 Å². The molecule has 0 spiro atoms. The Morgan fingerprint density at radius 1 is 1.12 bits per heavy atom. The molecule has 1 N–H and O–H groups in total. The highest BCUT2D eigenvalue weighted by Gasteiger charge is 2.05. The lowest BCUT2D eigenvalue weighted by Crippen LogP contribution is -2.13. The van der Waals surface area contributed by atoms with Gasteiger partial charge < -0.3 is 10.1 Å². The number of aromatic nitrogens is 4. The zero-order chi connectivity index (χ0) is 17.5. The number of anilines is 1. The van der Waals surface area contributed by atoms with Crippen molar-refractivity contribution in [2.75, 3.05) is 18.5 Å². The predicted octanol–water partition coefficient (Wildman–Crippen LogP) is 2.60. The molecule has 0 aliphatic rings. The number of nitrogens with zero attached hydrogens (tertiary/aromatic N) is 5. The minimum Gasteiger partial charge on any atom is -0.476 e. The van der Waals surface area contributed by atoms with E-state index < -0.39 is 0 Å². The van der Waals surface area contributed by atoms with E-state index in [0.717, 1.165) is 11.4 Å². The monoisotopic (exact) mass is 332 g/mol. The Kier molecular flexibility index (Phi) is 5.12. The van der Waals surface area contributed by atoms with Gasteiger partial charge in [0.05, 0.1) is 23.5 Å². The molecule has 0 radical (unpaired) electrons. The van der Waals surface area contributed by atoms with Gasteiger partial charge in [-0.15, -0.1) is 0 Å². The number of nitrogens with one attached hydrogen (secondary N) is 1. The first-order valence-electron chi connectivity index (χ1n) is 7.74. The fraction of sp³-hybridized carbons (Fsp3) is 0.167. The zero-order valence-electron chi connectivity index (χ0n) is 13.7. The van der Waals surface area contributed by atoms with E-state index >= 15 is 0 Å². The van der Waals surface area contributed by atoms with Gasteiger partial charge in [-0.25, -0.2) is 15.0 Å². The van der Waals surface area contributed by atoms with E-state index in [1.807, 2.05) is 37.3 Å². The molecule has 0 atom stereocenters. The molecule has 0 saturated heterocycles. The molecule has 124 valence electrons. The molecule has 3 rings (SSSR count). The topological polar surface area (TPSA) is 96.6 Å². The summed E-state index contributed by atoms with van der Waals surface area (Å²) in [7, 11) is 0. The van der Waals surface area contributed by atoms with Crippen LogP contribution in [0, 0.1) is 18.3 Å². The summed E-state index contributed by atoms with van der Waals surface area (Å²) in [5, 5.41) is 11.9. The standard InChI is InChI=1S/C18H16N6O/c1-13-23-16(15-4-2-3-7-20-15)10-17(24-13)21-8-9-25-18-6-5-14(11-19)12-22-18/h2-7,10,12H,8-9H2,1H3,(H,21,23,24). The van der Waals surface area contributed by atoms with Crippen LogP contribution in [0.15, 0.2) is 48.8 Å². The van der Waals surface area contributed by atoms with E-state index in [4.69, 9.17) is 10.00 Å². The predicted molar refractivity (Wildman–Crippen MR) is 92.9 cm³/mol. The molecule has 25 heavy (non-hydrogen) atoms. The second-order valence-corrected chi connectivity index (χ2v) is 5.17. The van der Waals surface area contributed by atoms with Crippen LogP contribution in [-0.4, -0.2) is 33.1 Å². The van der Waals surface area contributed by atoms with E-state index in [0.29, 0.717) is 36.2 Å². The second-order valence-electron chi connectivity index (χ2n) is 5.17. The zero-order valence-corrected chi connectivity index (χ0v) is 13.7. The van der Waals surface area contributed by atoms with Crippen molar-refractivity contribution in [3.63, 3.8) is 0 Å². The summed E-state index contributed by atoms with van der Waals surface area (Å²) in [6, 6.07) is 12.9. The molecule has 0 aliphatic heterocycles. The SMILES string of the molecule is Cc1nc(NCCOc2ccc(C#N)cn2)cc(-c2ccccn2)n1. The molecule has 7 nitrogen and oxygen atoms in total. The maximum atomic E-state index is 8.74. The summed E-state index contributed by atoms with van der Waals surface area (Å²) < 4.78 is 5.53. The Balaban J connectivity index is 1.58. The van der Waals surface area contributed by atoms with Crippen LogP contribution in [0.4, 0.5) is 5.82 Å². The van der Waals surface area contributed by atoms with E-state index in [1.165, 1.54) is 6.20 Å². The van der Waals surface area contributed by atoms with Crippen molar-refractivity contribution in [1.82, 2.24) is 19.9 Å². The average Bonchev–Trinajstić information content (AvgIpc) is 2.66. The van der Waals surface area contributed by atoms with Crippen LogP contribution in [-0.2, 0) is 0 Å². The smallest absolute Gasteiger partial charge is 0.213 e. The third-order valence-electron chi connectivity index (χ3n) is 3.29. The number of rotatable bonds is 6. The third kappa shape index (κ3) is 4.48. The van der Waals surface area contributed by atoms with Gasteiger partial charge in [-0.2, -0.15) is 5.26 Å². The fourth-order valence-corrected chi connectivity index (χ4v) is 2.17. The van der Waals surface area contributed by atoms with Crippen LogP contribution >= 0.6 is 0 Å². The molecule has 3 heterocycles. The molecule has 0 fully saturated rings. The first-order chi connectivity index (χ1) is 12.2. The number of aryl methyl sites for hydroxylation is 1. The van der Waals surface area contributed by atoms with Crippen LogP contribution in [0.2, 0.25) is 0 Å². The van der Waals surface area contributed by atoms with E-state index in [9.17, 15) is 0 Å². The minimum atomic E-state index is 0.418. The number of hydrogen-bond donors (Lipinski definition) is 1. The van der Waals surface area contributed by atoms with Crippen molar-refractivity contribution < 1.29 is 4.74 Å². The third-order valence-corrected chi connectivity index (χ3v) is 3.29. The van der Waals surface area contributed by atoms with Crippen LogP contribution < -0.4 is 10.1 Å². The summed E-state index contributed by atoms with van der Waals surface area (Å²) in [4.78, 5) is 17.1. The van der Waals surface area contributed by atoms with Gasteiger partial charge in [-0.05, 0) is 25.1 Å². The maximum absolute atomic E-state index is 8.74. The van der Waals surface area contributed by atoms with Gasteiger partial charge in [0.1, 0.15) is 24.3 Å². The van der Waals surface area contributed by atoms with Gasteiger partial charge >= 0.3 is 0 Å². The largest absolute Gasteiger partial charge is 0.476 e. The number of pyridine rings is 2. The molecule has 0 aliphatic carbocycles. The van der Waals surface area contributed by atoms with Crippen LogP contribution in [0.25, 0.3) is 11.4 Å². The normalized spacial score (nSPS) is 10.1. The van der Waals surface area contributed by atoms with E-state index in [1.54, 1.807) is 18.3 Å². The van der Waals surface area contributed by atoms with Gasteiger partial charge in [-0.3, -0.25) is 4.98 Å². The summed E-state index contributed by atoms with van der Waals surface area (Å²) in [5.74, 6) is 1.86. The van der Waals surface area contributed by atoms with Crippen LogP contribution in [0.3, 0.4) is 0 Å². The molecule has 0 amide bonds. The lowest BCUT2D eigenvalue weighted by atomic mass is 10.2. The van der Waals surface area contributed by atoms with Crippen molar-refractivity contribution in [2.45, 2.75) is 6.92 Å². The quantitative estimate of drug-likeness (QED) is 0.693. The van der Waals surface area contributed by atoms with Gasteiger partial charge in [0.15, 0.2) is 0 Å². The van der Waals surface area contributed by atoms with Crippen molar-refractivity contribution >= 4 is 5.82 Å². The highest BCUT2D eigenvalue weighted by molar-refractivity contribution is 5.58. The Hall–Kier alpha value is -3.53. The molecule has 3 aromatic heterocycles. The molecule has 0 aromatic carbocycles. The van der Waals surface area contributed by atoms with E-state index in [-0.39, 0.29) is 0 Å². The summed E-state index contributed by atoms with van der Waals surface area (Å²) in [5.41, 5.74) is 2.07. The van der Waals surface area contributed by atoms with Gasteiger partial charge in [0.2, 0.25) is 5.88 Å². The Morgan fingerprint density at radius 3 is 2.76 bits per heavy atom. The second kappa shape index (κ2) is 7.84. The van der Waals surface area contributed by atoms with Gasteiger partial charge in [0, 0.05) is 24.5 Å². The minimum absolute atomic E-state index is 0.418. The molecule has 3 aromatic rings. The average molecular weight is 332 g/mol. The van der Waals surface area contributed by atoms with Crippen molar-refractivity contribution in [2.24, 2.45) is 0 Å². The number of ether oxygens (including phenoxy) is 1. The summed E-state index contributed by atoms with van der Waals surface area (Å²) >= 11 is 0. The Bertz CT molecular complexity index is 874. The molecular formula is C18H16N6O. The van der Waals surface area contributed by atoms with E-state index in [2.05, 4.69) is 25.3 Å². The fourth-order valence-electron chi connectivity index (χ4n) is 2.17. The van der Waals surface area contributed by atoms with Crippen LogP contribution in [0.1, 0.15) is 11.4 Å². The molecule has 0 saturated carbocycles. The van der Waals surface area contributed by atoms with Crippen molar-refractivity contribution in [3.05, 3.63) is 60.2 Å². The van der Waals surface area contributed by atoms with Crippen molar-refractivity contribution in [3.8, 4) is 23.3 Å². The highest BCUT2D eigenvalue weighted by atomic mass is 16.5. The lowest BCUT2D eigenvalue weighted by Gasteiger charge is -2.09. The van der Waals surface area contributed by atoms with Gasteiger partial charge in [-0.1, -0.05) is 6.07 Å². The molecule has 7 heteroatoms. The first-order valence-corrected chi connectivity index (χ1v) is 7.74. The Morgan fingerprint density at radius 2 is 2.04 bits per heavy atom. The lowest BCUT2D eigenvalue weighted by molar-refractivity contribution is 0.320. The summed E-state index contributed by atoms with van der Waals surface area (Å²) in [6.45, 7) is 2.81. The number of hydrogen-bond acceptors (Lipinski definition) is 7. The molecule has 0 bridgehead atoms. The van der Waals surface area contributed by atoms with Gasteiger partial charge in [0.25, 0.3) is 0 Å². The highest BCUT2D eigenvalue weighted by Crippen LogP contribution is 2.17.